The summed E-state index contributed by atoms with van der Waals surface area (Å²) in [5.74, 6) is 1.14. The first-order valence-corrected chi connectivity index (χ1v) is 10.6. The molecule has 162 valence electrons. The molecule has 6 heteroatoms. The molecule has 1 heterocycles. The van der Waals surface area contributed by atoms with Crippen molar-refractivity contribution < 1.29 is 9.53 Å². The third kappa shape index (κ3) is 4.85. The van der Waals surface area contributed by atoms with E-state index in [2.05, 4.69) is 33.0 Å². The Labute approximate surface area is 191 Å². The summed E-state index contributed by atoms with van der Waals surface area (Å²) < 4.78 is 5.90. The highest BCUT2D eigenvalue weighted by molar-refractivity contribution is 6.04. The van der Waals surface area contributed by atoms with Gasteiger partial charge in [-0.15, -0.1) is 0 Å². The van der Waals surface area contributed by atoms with Gasteiger partial charge >= 0.3 is 6.03 Å². The highest BCUT2D eigenvalue weighted by Crippen LogP contribution is 2.26. The van der Waals surface area contributed by atoms with Crippen LogP contribution in [0.5, 0.6) is 5.75 Å². The Kier molecular flexibility index (Phi) is 5.72. The number of fused-ring (bicyclic) bond motifs is 1. The quantitative estimate of drug-likeness (QED) is 0.287. The molecule has 0 atom stereocenters. The standard InChI is InChI=1S/C27H22N4O2/c32-27(28-22-13-11-21(12-14-22)20-9-5-2-6-10-20)29-26-24-17-23(15-16-25(24)30-31-26)33-18-19-7-3-1-4-8-19/h1-17H,18H2,(H3,28,29,30,31,32). The number of ether oxygens (including phenoxy) is 1. The minimum atomic E-state index is -0.369. The molecule has 4 aromatic carbocycles. The van der Waals surface area contributed by atoms with Crippen LogP contribution in [0.2, 0.25) is 0 Å². The normalized spacial score (nSPS) is 10.7. The second kappa shape index (κ2) is 9.28. The number of anilines is 2. The van der Waals surface area contributed by atoms with Crippen molar-refractivity contribution in [2.24, 2.45) is 0 Å². The van der Waals surface area contributed by atoms with E-state index in [-0.39, 0.29) is 6.03 Å². The Hall–Kier alpha value is -4.58. The van der Waals surface area contributed by atoms with Crippen molar-refractivity contribution in [3.05, 3.63) is 109 Å². The molecule has 5 aromatic rings. The molecular weight excluding hydrogens is 412 g/mol. The summed E-state index contributed by atoms with van der Waals surface area (Å²) in [7, 11) is 0. The van der Waals surface area contributed by atoms with Gasteiger partial charge in [-0.25, -0.2) is 4.79 Å². The Morgan fingerprint density at radius 3 is 2.24 bits per heavy atom. The molecule has 0 unspecified atom stereocenters. The van der Waals surface area contributed by atoms with Gasteiger partial charge in [0.1, 0.15) is 12.4 Å². The summed E-state index contributed by atoms with van der Waals surface area (Å²) in [6.07, 6.45) is 0. The first-order chi connectivity index (χ1) is 16.2. The summed E-state index contributed by atoms with van der Waals surface area (Å²) in [4.78, 5) is 12.6. The van der Waals surface area contributed by atoms with E-state index in [1.165, 1.54) is 0 Å². The molecular formula is C27H22N4O2. The zero-order chi connectivity index (χ0) is 22.5. The van der Waals surface area contributed by atoms with E-state index in [0.717, 1.165) is 27.6 Å². The molecule has 33 heavy (non-hydrogen) atoms. The second-order valence-corrected chi connectivity index (χ2v) is 7.58. The minimum Gasteiger partial charge on any atom is -0.489 e. The number of carbonyl (C=O) groups excluding carboxylic acids is 1. The number of hydrogen-bond acceptors (Lipinski definition) is 3. The minimum absolute atomic E-state index is 0.369. The number of hydrogen-bond donors (Lipinski definition) is 3. The van der Waals surface area contributed by atoms with E-state index in [1.54, 1.807) is 0 Å². The van der Waals surface area contributed by atoms with Crippen LogP contribution >= 0.6 is 0 Å². The van der Waals surface area contributed by atoms with Crippen LogP contribution in [0.3, 0.4) is 0 Å². The average Bonchev–Trinajstić information content (AvgIpc) is 3.26. The summed E-state index contributed by atoms with van der Waals surface area (Å²) in [6.45, 7) is 0.465. The molecule has 6 nitrogen and oxygen atoms in total. The number of carbonyl (C=O) groups is 1. The Morgan fingerprint density at radius 2 is 1.48 bits per heavy atom. The summed E-state index contributed by atoms with van der Waals surface area (Å²) >= 11 is 0. The van der Waals surface area contributed by atoms with E-state index in [9.17, 15) is 4.79 Å². The Morgan fingerprint density at radius 1 is 0.788 bits per heavy atom. The van der Waals surface area contributed by atoms with Crippen molar-refractivity contribution in [2.45, 2.75) is 6.61 Å². The molecule has 0 radical (unpaired) electrons. The number of H-pyrrole nitrogens is 1. The smallest absolute Gasteiger partial charge is 0.324 e. The lowest BCUT2D eigenvalue weighted by atomic mass is 10.1. The van der Waals surface area contributed by atoms with Crippen LogP contribution in [0.15, 0.2) is 103 Å². The van der Waals surface area contributed by atoms with Crippen molar-refractivity contribution in [3.63, 3.8) is 0 Å². The van der Waals surface area contributed by atoms with Gasteiger partial charge in [0.25, 0.3) is 0 Å². The van der Waals surface area contributed by atoms with E-state index >= 15 is 0 Å². The molecule has 0 fully saturated rings. The first-order valence-electron chi connectivity index (χ1n) is 10.6. The second-order valence-electron chi connectivity index (χ2n) is 7.58. The van der Waals surface area contributed by atoms with Crippen molar-refractivity contribution in [1.29, 1.82) is 0 Å². The number of rotatable bonds is 6. The van der Waals surface area contributed by atoms with Crippen LogP contribution < -0.4 is 15.4 Å². The maximum atomic E-state index is 12.6. The largest absolute Gasteiger partial charge is 0.489 e. The molecule has 0 aliphatic carbocycles. The summed E-state index contributed by atoms with van der Waals surface area (Å²) in [6, 6.07) is 33.0. The molecule has 0 saturated heterocycles. The van der Waals surface area contributed by atoms with Gasteiger partial charge in [0, 0.05) is 11.1 Å². The molecule has 2 amide bonds. The zero-order valence-corrected chi connectivity index (χ0v) is 17.8. The van der Waals surface area contributed by atoms with Gasteiger partial charge in [0.15, 0.2) is 5.82 Å². The maximum absolute atomic E-state index is 12.6. The zero-order valence-electron chi connectivity index (χ0n) is 17.8. The fourth-order valence-corrected chi connectivity index (χ4v) is 3.57. The predicted octanol–water partition coefficient (Wildman–Crippen LogP) is 6.45. The topological polar surface area (TPSA) is 79.0 Å². The van der Waals surface area contributed by atoms with Crippen LogP contribution in [-0.2, 0) is 6.61 Å². The lowest BCUT2D eigenvalue weighted by molar-refractivity contribution is 0.262. The van der Waals surface area contributed by atoms with Crippen molar-refractivity contribution >= 4 is 28.4 Å². The Bertz CT molecular complexity index is 1360. The van der Waals surface area contributed by atoms with Crippen LogP contribution in [-0.4, -0.2) is 16.2 Å². The number of benzene rings is 4. The number of nitrogens with zero attached hydrogens (tertiary/aromatic N) is 1. The van der Waals surface area contributed by atoms with E-state index in [4.69, 9.17) is 4.74 Å². The number of aromatic amines is 1. The molecule has 0 aliphatic rings. The summed E-state index contributed by atoms with van der Waals surface area (Å²) in [5, 5.41) is 13.6. The number of urea groups is 1. The van der Waals surface area contributed by atoms with Gasteiger partial charge in [-0.2, -0.15) is 5.10 Å². The lowest BCUT2D eigenvalue weighted by Crippen LogP contribution is -2.19. The molecule has 0 saturated carbocycles. The molecule has 3 N–H and O–H groups in total. The number of nitrogens with one attached hydrogen (secondary N) is 3. The van der Waals surface area contributed by atoms with Crippen molar-refractivity contribution in [2.75, 3.05) is 10.6 Å². The van der Waals surface area contributed by atoms with Gasteiger partial charge in [0.2, 0.25) is 0 Å². The van der Waals surface area contributed by atoms with Crippen LogP contribution in [0.4, 0.5) is 16.3 Å². The monoisotopic (exact) mass is 434 g/mol. The third-order valence-corrected chi connectivity index (χ3v) is 5.26. The highest BCUT2D eigenvalue weighted by Gasteiger charge is 2.11. The van der Waals surface area contributed by atoms with Crippen LogP contribution in [0, 0.1) is 0 Å². The van der Waals surface area contributed by atoms with Crippen molar-refractivity contribution in [1.82, 2.24) is 10.2 Å². The van der Waals surface area contributed by atoms with Crippen LogP contribution in [0.1, 0.15) is 5.56 Å². The van der Waals surface area contributed by atoms with Gasteiger partial charge < -0.3 is 10.1 Å². The molecule has 0 aliphatic heterocycles. The van der Waals surface area contributed by atoms with Gasteiger partial charge in [-0.05, 0) is 47.0 Å². The molecule has 0 bridgehead atoms. The molecule has 1 aromatic heterocycles. The first kappa shape index (κ1) is 20.3. The predicted molar refractivity (Wildman–Crippen MR) is 131 cm³/mol. The fourth-order valence-electron chi connectivity index (χ4n) is 3.57. The molecule has 5 rings (SSSR count). The number of aromatic nitrogens is 2. The average molecular weight is 434 g/mol. The van der Waals surface area contributed by atoms with Crippen LogP contribution in [0.25, 0.3) is 22.0 Å². The van der Waals surface area contributed by atoms with E-state index in [0.29, 0.717) is 23.9 Å². The van der Waals surface area contributed by atoms with E-state index in [1.807, 2.05) is 91.0 Å². The Balaban J connectivity index is 1.25. The SMILES string of the molecule is O=C(Nc1ccc(-c2ccccc2)cc1)Nc1n[nH]c2ccc(OCc3ccccc3)cc12. The van der Waals surface area contributed by atoms with Gasteiger partial charge in [-0.3, -0.25) is 10.4 Å². The van der Waals surface area contributed by atoms with E-state index < -0.39 is 0 Å². The lowest BCUT2D eigenvalue weighted by Gasteiger charge is -2.08. The fraction of sp³-hybridized carbons (Fsp3) is 0.0370. The highest BCUT2D eigenvalue weighted by atomic mass is 16.5. The van der Waals surface area contributed by atoms with Gasteiger partial charge in [-0.1, -0.05) is 72.8 Å². The van der Waals surface area contributed by atoms with Gasteiger partial charge in [0.05, 0.1) is 5.52 Å². The van der Waals surface area contributed by atoms with Crippen molar-refractivity contribution in [3.8, 4) is 16.9 Å². The number of amides is 2. The third-order valence-electron chi connectivity index (χ3n) is 5.26. The summed E-state index contributed by atoms with van der Waals surface area (Å²) in [5.41, 5.74) is 4.80. The maximum Gasteiger partial charge on any atom is 0.324 e. The molecule has 0 spiro atoms.